The molecular weight excluding hydrogens is 160 g/mol. The molecule has 0 heterocycles. The van der Waals surface area contributed by atoms with Gasteiger partial charge in [0.05, 0.1) is 0 Å². The van der Waals surface area contributed by atoms with Gasteiger partial charge < -0.3 is 4.79 Å². The van der Waals surface area contributed by atoms with E-state index in [9.17, 15) is 4.79 Å². The summed E-state index contributed by atoms with van der Waals surface area (Å²) in [5.41, 5.74) is -0.0369. The zero-order valence-corrected chi connectivity index (χ0v) is 8.75. The van der Waals surface area contributed by atoms with Gasteiger partial charge in [-0.25, -0.2) is 0 Å². The second-order valence-corrected chi connectivity index (χ2v) is 4.27. The molecule has 1 saturated carbocycles. The zero-order chi connectivity index (χ0) is 9.73. The molecule has 0 aromatic carbocycles. The average molecular weight is 180 g/mol. The molecule has 1 heteroatoms. The monoisotopic (exact) mass is 180 g/mol. The van der Waals surface area contributed by atoms with Crippen LogP contribution in [0, 0.1) is 11.3 Å². The van der Waals surface area contributed by atoms with Crippen LogP contribution >= 0.6 is 0 Å². The Morgan fingerprint density at radius 3 is 2.77 bits per heavy atom. The van der Waals surface area contributed by atoms with Gasteiger partial charge in [-0.15, -0.1) is 0 Å². The van der Waals surface area contributed by atoms with Crippen LogP contribution in [0.5, 0.6) is 0 Å². The lowest BCUT2D eigenvalue weighted by atomic mass is 9.66. The largest absolute Gasteiger partial charge is 0.303 e. The molecule has 1 nitrogen and oxygen atoms in total. The van der Waals surface area contributed by atoms with Crippen molar-refractivity contribution in [1.29, 1.82) is 0 Å². The van der Waals surface area contributed by atoms with Crippen molar-refractivity contribution in [2.24, 2.45) is 11.3 Å². The van der Waals surface area contributed by atoms with Crippen LogP contribution in [0.3, 0.4) is 0 Å². The molecule has 2 unspecified atom stereocenters. The van der Waals surface area contributed by atoms with Crippen molar-refractivity contribution >= 4 is 6.29 Å². The van der Waals surface area contributed by atoms with E-state index in [0.29, 0.717) is 5.92 Å². The lowest BCUT2D eigenvalue weighted by molar-refractivity contribution is -0.120. The zero-order valence-electron chi connectivity index (χ0n) is 8.75. The minimum atomic E-state index is -0.0369. The van der Waals surface area contributed by atoms with Gasteiger partial charge in [-0.3, -0.25) is 0 Å². The molecule has 74 valence electrons. The quantitative estimate of drug-likeness (QED) is 0.481. The Morgan fingerprint density at radius 2 is 2.23 bits per heavy atom. The molecule has 13 heavy (non-hydrogen) atoms. The van der Waals surface area contributed by atoms with E-state index in [1.807, 2.05) is 13.0 Å². The van der Waals surface area contributed by atoms with Gasteiger partial charge in [-0.05, 0) is 32.1 Å². The first-order chi connectivity index (χ1) is 6.25. The van der Waals surface area contributed by atoms with Crippen molar-refractivity contribution < 1.29 is 4.79 Å². The molecule has 0 aromatic heterocycles. The maximum absolute atomic E-state index is 11.2. The molecule has 0 saturated heterocycles. The molecule has 0 radical (unpaired) electrons. The highest BCUT2D eigenvalue weighted by molar-refractivity contribution is 5.60. The van der Waals surface area contributed by atoms with Gasteiger partial charge in [0.2, 0.25) is 0 Å². The van der Waals surface area contributed by atoms with Crippen LogP contribution in [0.2, 0.25) is 0 Å². The summed E-state index contributed by atoms with van der Waals surface area (Å²) in [6.07, 6.45) is 11.2. The first-order valence-electron chi connectivity index (χ1n) is 5.32. The average Bonchev–Trinajstić information content (AvgIpc) is 2.17. The summed E-state index contributed by atoms with van der Waals surface area (Å²) >= 11 is 0. The summed E-state index contributed by atoms with van der Waals surface area (Å²) < 4.78 is 0. The fourth-order valence-electron chi connectivity index (χ4n) is 2.30. The van der Waals surface area contributed by atoms with E-state index in [0.717, 1.165) is 12.8 Å². The summed E-state index contributed by atoms with van der Waals surface area (Å²) in [6.45, 7) is 4.24. The van der Waals surface area contributed by atoms with E-state index in [1.54, 1.807) is 0 Å². The van der Waals surface area contributed by atoms with E-state index in [1.165, 1.54) is 25.5 Å². The highest BCUT2D eigenvalue weighted by atomic mass is 16.1. The summed E-state index contributed by atoms with van der Waals surface area (Å²) in [4.78, 5) is 11.2. The fourth-order valence-corrected chi connectivity index (χ4v) is 2.30. The van der Waals surface area contributed by atoms with Gasteiger partial charge in [0.1, 0.15) is 6.29 Å². The topological polar surface area (TPSA) is 17.1 Å². The third kappa shape index (κ3) is 2.20. The molecule has 0 N–H and O–H groups in total. The third-order valence-electron chi connectivity index (χ3n) is 3.48. The Morgan fingerprint density at radius 1 is 1.46 bits per heavy atom. The number of hydrogen-bond acceptors (Lipinski definition) is 1. The van der Waals surface area contributed by atoms with Gasteiger partial charge in [0, 0.05) is 5.41 Å². The number of carbonyl (C=O) groups is 1. The molecule has 0 aromatic rings. The summed E-state index contributed by atoms with van der Waals surface area (Å²) in [5.74, 6) is 0.565. The van der Waals surface area contributed by atoms with Crippen molar-refractivity contribution in [3.8, 4) is 0 Å². The van der Waals surface area contributed by atoms with E-state index in [2.05, 4.69) is 13.0 Å². The van der Waals surface area contributed by atoms with E-state index >= 15 is 0 Å². The molecule has 1 fully saturated rings. The molecule has 1 aliphatic rings. The first-order valence-corrected chi connectivity index (χ1v) is 5.32. The molecular formula is C12H20O. The maximum atomic E-state index is 11.2. The Labute approximate surface area is 81.2 Å². The Bertz CT molecular complexity index is 195. The van der Waals surface area contributed by atoms with E-state index in [-0.39, 0.29) is 5.41 Å². The SMILES string of the molecule is C/C=C/CC1(C=O)CCCCC1C. The standard InChI is InChI=1S/C12H20O/c1-3-4-8-12(10-13)9-6-5-7-11(12)2/h3-4,10-11H,5-9H2,1-2H3/b4-3+. The van der Waals surface area contributed by atoms with Crippen LogP contribution in [0.25, 0.3) is 0 Å². The summed E-state index contributed by atoms with van der Waals surface area (Å²) in [5, 5.41) is 0. The van der Waals surface area contributed by atoms with Gasteiger partial charge in [-0.2, -0.15) is 0 Å². The van der Waals surface area contributed by atoms with Crippen LogP contribution < -0.4 is 0 Å². The van der Waals surface area contributed by atoms with Gasteiger partial charge >= 0.3 is 0 Å². The Hall–Kier alpha value is -0.590. The van der Waals surface area contributed by atoms with Gasteiger partial charge in [0.15, 0.2) is 0 Å². The molecule has 2 atom stereocenters. The van der Waals surface area contributed by atoms with Crippen molar-refractivity contribution in [3.63, 3.8) is 0 Å². The van der Waals surface area contributed by atoms with E-state index in [4.69, 9.17) is 0 Å². The van der Waals surface area contributed by atoms with Crippen LogP contribution in [0.4, 0.5) is 0 Å². The minimum Gasteiger partial charge on any atom is -0.303 e. The molecule has 1 rings (SSSR count). The maximum Gasteiger partial charge on any atom is 0.126 e. The van der Waals surface area contributed by atoms with E-state index < -0.39 is 0 Å². The van der Waals surface area contributed by atoms with Crippen LogP contribution in [-0.2, 0) is 4.79 Å². The molecule has 1 aliphatic carbocycles. The number of aldehydes is 1. The van der Waals surface area contributed by atoms with Crippen molar-refractivity contribution in [1.82, 2.24) is 0 Å². The predicted octanol–water partition coefficient (Wildman–Crippen LogP) is 3.35. The van der Waals surface area contributed by atoms with Gasteiger partial charge in [0.25, 0.3) is 0 Å². The lowest BCUT2D eigenvalue weighted by Crippen LogP contribution is -2.33. The first kappa shape index (κ1) is 10.5. The molecule has 0 bridgehead atoms. The third-order valence-corrected chi connectivity index (χ3v) is 3.48. The minimum absolute atomic E-state index is 0.0369. The Kier molecular flexibility index (Phi) is 3.71. The molecule has 0 amide bonds. The summed E-state index contributed by atoms with van der Waals surface area (Å²) in [7, 11) is 0. The van der Waals surface area contributed by atoms with Crippen molar-refractivity contribution in [3.05, 3.63) is 12.2 Å². The fraction of sp³-hybridized carbons (Fsp3) is 0.750. The predicted molar refractivity (Wildman–Crippen MR) is 55.6 cm³/mol. The second-order valence-electron chi connectivity index (χ2n) is 4.27. The highest BCUT2D eigenvalue weighted by Crippen LogP contribution is 2.42. The second kappa shape index (κ2) is 4.59. The number of allylic oxidation sites excluding steroid dienone is 2. The normalized spacial score (nSPS) is 35.1. The van der Waals surface area contributed by atoms with Crippen molar-refractivity contribution in [2.45, 2.75) is 46.0 Å². The summed E-state index contributed by atoms with van der Waals surface area (Å²) in [6, 6.07) is 0. The van der Waals surface area contributed by atoms with Crippen LogP contribution in [0.15, 0.2) is 12.2 Å². The smallest absolute Gasteiger partial charge is 0.126 e. The molecule has 0 aliphatic heterocycles. The lowest BCUT2D eigenvalue weighted by Gasteiger charge is -2.37. The van der Waals surface area contributed by atoms with Crippen LogP contribution in [-0.4, -0.2) is 6.29 Å². The van der Waals surface area contributed by atoms with Crippen LogP contribution in [0.1, 0.15) is 46.0 Å². The van der Waals surface area contributed by atoms with Gasteiger partial charge in [-0.1, -0.05) is 31.9 Å². The highest BCUT2D eigenvalue weighted by Gasteiger charge is 2.36. The van der Waals surface area contributed by atoms with Crippen molar-refractivity contribution in [2.75, 3.05) is 0 Å². The number of hydrogen-bond donors (Lipinski definition) is 0. The Balaban J connectivity index is 2.69. The molecule has 0 spiro atoms. The number of rotatable bonds is 3. The number of carbonyl (C=O) groups excluding carboxylic acids is 1.